The van der Waals surface area contributed by atoms with E-state index >= 15 is 0 Å². The Morgan fingerprint density at radius 3 is 1.66 bits per heavy atom. The van der Waals surface area contributed by atoms with Gasteiger partial charge in [0.2, 0.25) is 0 Å². The van der Waals surface area contributed by atoms with Crippen LogP contribution in [0.5, 0.6) is 0 Å². The van der Waals surface area contributed by atoms with Gasteiger partial charge in [0.15, 0.2) is 0 Å². The van der Waals surface area contributed by atoms with Crippen LogP contribution < -0.4 is 21.2 Å². The van der Waals surface area contributed by atoms with Crippen LogP contribution in [0.1, 0.15) is 17.2 Å². The fourth-order valence-electron chi connectivity index (χ4n) is 7.57. The second kappa shape index (κ2) is 14.5. The van der Waals surface area contributed by atoms with Crippen LogP contribution in [-0.4, -0.2) is 61.4 Å². The third kappa shape index (κ3) is 6.17. The van der Waals surface area contributed by atoms with Crippen LogP contribution >= 0.6 is 23.2 Å². The van der Waals surface area contributed by atoms with Crippen LogP contribution in [0.4, 0.5) is 0 Å². The van der Waals surface area contributed by atoms with Gasteiger partial charge >= 0.3 is 305 Å². The molecule has 2 saturated heterocycles. The van der Waals surface area contributed by atoms with Gasteiger partial charge in [-0.05, 0) is 0 Å². The first-order valence-electron chi connectivity index (χ1n) is 16.4. The number of nitrogens with one attached hydrogen (secondary N) is 1. The van der Waals surface area contributed by atoms with Crippen molar-refractivity contribution in [2.45, 2.75) is 27.9 Å². The summed E-state index contributed by atoms with van der Waals surface area (Å²) < 4.78 is 19.5. The van der Waals surface area contributed by atoms with Gasteiger partial charge in [-0.1, -0.05) is 0 Å². The van der Waals surface area contributed by atoms with Gasteiger partial charge in [-0.15, -0.1) is 0 Å². The van der Waals surface area contributed by atoms with Gasteiger partial charge in [0.05, 0.1) is 0 Å². The van der Waals surface area contributed by atoms with Crippen molar-refractivity contribution < 1.29 is 23.7 Å². The van der Waals surface area contributed by atoms with Gasteiger partial charge in [-0.3, -0.25) is 0 Å². The Hall–Kier alpha value is -4.27. The number of nitrogens with zero attached hydrogens (tertiary/aromatic N) is 1. The number of ether oxygens (including phenoxy) is 1. The molecular formula is C40H36BrN2O5PS. The topological polar surface area (TPSA) is 98.8 Å². The Morgan fingerprint density at radius 2 is 1.24 bits per heavy atom. The first-order chi connectivity index (χ1) is 24.4. The van der Waals surface area contributed by atoms with Crippen molar-refractivity contribution >= 4 is 68.6 Å². The summed E-state index contributed by atoms with van der Waals surface area (Å²) in [7, 11) is -3.05. The van der Waals surface area contributed by atoms with Gasteiger partial charge < -0.3 is 0 Å². The molecule has 1 N–H and O–H groups in total. The van der Waals surface area contributed by atoms with Crippen LogP contribution in [-0.2, 0) is 30.3 Å². The molecule has 2 aliphatic heterocycles. The molecular weight excluding hydrogens is 731 g/mol. The number of hydrogen-bond donors (Lipinski definition) is 1. The number of alkyl halides is 1. The van der Waals surface area contributed by atoms with Crippen molar-refractivity contribution in [3.8, 4) is 0 Å². The van der Waals surface area contributed by atoms with Gasteiger partial charge in [0, 0.05) is 0 Å². The van der Waals surface area contributed by atoms with Crippen LogP contribution in [0.15, 0.2) is 152 Å². The predicted molar refractivity (Wildman–Crippen MR) is 204 cm³/mol. The number of hydrogen-bond acceptors (Lipinski definition) is 5. The van der Waals surface area contributed by atoms with E-state index in [1.165, 1.54) is 4.90 Å². The molecule has 5 aromatic rings. The van der Waals surface area contributed by atoms with Crippen LogP contribution in [0.3, 0.4) is 0 Å². The first-order valence-corrected chi connectivity index (χ1v) is 20.8. The van der Waals surface area contributed by atoms with Gasteiger partial charge in [0.1, 0.15) is 0 Å². The molecule has 0 aromatic heterocycles. The monoisotopic (exact) mass is 766 g/mol. The van der Waals surface area contributed by atoms with E-state index in [9.17, 15) is 18.9 Å². The summed E-state index contributed by atoms with van der Waals surface area (Å²) in [5.74, 6) is -1.03. The zero-order valence-electron chi connectivity index (χ0n) is 27.0. The Balaban J connectivity index is 1.39. The maximum absolute atomic E-state index is 15.0. The van der Waals surface area contributed by atoms with E-state index in [0.29, 0.717) is 12.6 Å². The van der Waals surface area contributed by atoms with Crippen LogP contribution in [0.25, 0.3) is 0 Å². The zero-order valence-corrected chi connectivity index (χ0v) is 30.4. The van der Waals surface area contributed by atoms with E-state index in [4.69, 9.17) is 4.74 Å². The fourth-order valence-corrected chi connectivity index (χ4v) is 17.1. The summed E-state index contributed by atoms with van der Waals surface area (Å²) in [5, 5.41) is 5.00. The average Bonchev–Trinajstić information content (AvgIpc) is 3.16. The normalized spacial score (nSPS) is 23.3. The van der Waals surface area contributed by atoms with E-state index in [0.717, 1.165) is 27.0 Å². The predicted octanol–water partition coefficient (Wildman–Crippen LogP) is 4.59. The number of amides is 2. The van der Waals surface area contributed by atoms with Crippen molar-refractivity contribution in [1.82, 2.24) is 10.2 Å². The molecule has 0 bridgehead atoms. The number of benzene rings is 5. The molecule has 5 atom stereocenters. The van der Waals surface area contributed by atoms with E-state index in [-0.39, 0.29) is 5.75 Å². The molecule has 2 aliphatic rings. The number of carbonyl (C=O) groups excluding carboxylic acids is 3. The SMILES string of the molecule is O=CN[C@@H]1C(=O)N2C(C(=O)OC(c3ccccc3)c3ccccc3)C(Br)(C[PH](c3ccccc3)(c3ccccc3)c3ccccc3)C[S@+]([O-])[C@H]12. The number of halogens is 1. The molecule has 0 spiro atoms. The minimum atomic E-state index is -3.05. The zero-order chi connectivity index (χ0) is 34.7. The van der Waals surface area contributed by atoms with Crippen molar-refractivity contribution in [2.24, 2.45) is 0 Å². The van der Waals surface area contributed by atoms with E-state index in [1.54, 1.807) is 0 Å². The third-order valence-corrected chi connectivity index (χ3v) is 18.6. The van der Waals surface area contributed by atoms with Gasteiger partial charge in [0.25, 0.3) is 0 Å². The Morgan fingerprint density at radius 1 is 0.820 bits per heavy atom. The molecule has 10 heteroatoms. The summed E-state index contributed by atoms with van der Waals surface area (Å²) in [6, 6.07) is 47.6. The second-order valence-corrected chi connectivity index (χ2v) is 19.7. The van der Waals surface area contributed by atoms with Crippen molar-refractivity contribution in [3.63, 3.8) is 0 Å². The van der Waals surface area contributed by atoms with Crippen molar-refractivity contribution in [3.05, 3.63) is 163 Å². The average molecular weight is 768 g/mol. The molecule has 7 nitrogen and oxygen atoms in total. The van der Waals surface area contributed by atoms with E-state index < -0.39 is 58.2 Å². The van der Waals surface area contributed by atoms with Crippen molar-refractivity contribution in [1.29, 1.82) is 0 Å². The van der Waals surface area contributed by atoms with Crippen molar-refractivity contribution in [2.75, 3.05) is 11.9 Å². The quantitative estimate of drug-likeness (QED) is 0.0530. The molecule has 0 radical (unpaired) electrons. The minimum absolute atomic E-state index is 0.0564. The van der Waals surface area contributed by atoms with E-state index in [2.05, 4.69) is 57.6 Å². The summed E-state index contributed by atoms with van der Waals surface area (Å²) >= 11 is 2.45. The molecule has 7 rings (SSSR count). The van der Waals surface area contributed by atoms with Gasteiger partial charge in [-0.2, -0.15) is 0 Å². The number of rotatable bonds is 11. The van der Waals surface area contributed by atoms with Crippen LogP contribution in [0.2, 0.25) is 0 Å². The number of β-lactam (4-membered cyclic amide) rings is 1. The Bertz CT molecular complexity index is 1810. The molecule has 0 aliphatic carbocycles. The summed E-state index contributed by atoms with van der Waals surface area (Å²) in [5.41, 5.74) is 1.56. The summed E-state index contributed by atoms with van der Waals surface area (Å²) in [6.45, 7) is 0. The molecule has 50 heavy (non-hydrogen) atoms. The Kier molecular flexibility index (Phi) is 9.94. The molecule has 2 amide bonds. The summed E-state index contributed by atoms with van der Waals surface area (Å²) in [4.78, 5) is 41.8. The number of fused-ring (bicyclic) bond motifs is 1. The van der Waals surface area contributed by atoms with Crippen LogP contribution in [0, 0.1) is 0 Å². The molecule has 0 saturated carbocycles. The molecule has 5 aromatic carbocycles. The fraction of sp³-hybridized carbons (Fsp3) is 0.175. The number of esters is 1. The molecule has 2 fully saturated rings. The number of carbonyl (C=O) groups is 3. The second-order valence-electron chi connectivity index (χ2n) is 12.7. The molecule has 254 valence electrons. The maximum atomic E-state index is 15.0. The summed E-state index contributed by atoms with van der Waals surface area (Å²) in [6.07, 6.45) is 0.0687. The first kappa shape index (κ1) is 34.2. The molecule has 2 unspecified atom stereocenters. The molecule has 2 heterocycles. The van der Waals surface area contributed by atoms with E-state index in [1.807, 2.05) is 115 Å². The third-order valence-electron chi connectivity index (χ3n) is 9.77. The van der Waals surface area contributed by atoms with Gasteiger partial charge in [-0.25, -0.2) is 0 Å². The Labute approximate surface area is 303 Å². The standard InChI is InChI=1S/C40H36BrN2O5PS/c41-40(26-49(31-20-10-3-11-21-31,32-22-12-4-13-23-32)33-24-14-5-15-25-33)27-50(47)38-34(42-28-44)37(45)43(38)36(40)39(46)48-35(29-16-6-1-7-17-29)30-18-8-2-9-19-30/h1-25,28,34-36,38,49H,26-27H2,(H,42,44)/t34-,36?,38-,40?,50+/m1/s1.